The Hall–Kier alpha value is -1.21. The van der Waals surface area contributed by atoms with Crippen molar-refractivity contribution in [2.24, 2.45) is 0 Å². The number of aryl methyl sites for hydroxylation is 1. The van der Waals surface area contributed by atoms with E-state index in [0.717, 1.165) is 19.3 Å². The second-order valence-electron chi connectivity index (χ2n) is 5.33. The van der Waals surface area contributed by atoms with Gasteiger partial charge in [0, 0.05) is 6.54 Å². The maximum atomic E-state index is 13.7. The summed E-state index contributed by atoms with van der Waals surface area (Å²) in [6, 6.07) is 0. The van der Waals surface area contributed by atoms with Gasteiger partial charge < -0.3 is 0 Å². The Morgan fingerprint density at radius 3 is 2.14 bits per heavy atom. The molecule has 0 aromatic carbocycles. The molecule has 0 unspecified atom stereocenters. The lowest BCUT2D eigenvalue weighted by Crippen LogP contribution is -2.37. The molecule has 0 saturated carbocycles. The third-order valence-electron chi connectivity index (χ3n) is 3.18. The summed E-state index contributed by atoms with van der Waals surface area (Å²) in [5.41, 5.74) is -1.42. The van der Waals surface area contributed by atoms with Crippen molar-refractivity contribution in [1.82, 2.24) is 15.0 Å². The minimum Gasteiger partial charge on any atom is -0.243 e. The molecule has 0 spiro atoms. The fourth-order valence-corrected chi connectivity index (χ4v) is 2.02. The number of nitrogens with zero attached hydrogens (tertiary/aromatic N) is 3. The lowest BCUT2D eigenvalue weighted by molar-refractivity contribution is -0.292. The van der Waals surface area contributed by atoms with Crippen LogP contribution in [0.1, 0.15) is 63.8 Å². The van der Waals surface area contributed by atoms with Crippen LogP contribution in [0.2, 0.25) is 0 Å². The van der Waals surface area contributed by atoms with Crippen LogP contribution in [0.3, 0.4) is 0 Å². The van der Waals surface area contributed by atoms with Gasteiger partial charge in [-0.1, -0.05) is 45.2 Å². The first-order chi connectivity index (χ1) is 9.63. The molecule has 0 radical (unpaired) electrons. The molecule has 0 aliphatic rings. The average Bonchev–Trinajstić information content (AvgIpc) is 2.77. The van der Waals surface area contributed by atoms with Gasteiger partial charge in [-0.2, -0.15) is 22.0 Å². The Bertz CT molecular complexity index is 451. The van der Waals surface area contributed by atoms with Crippen LogP contribution in [0.15, 0.2) is 0 Å². The van der Waals surface area contributed by atoms with Gasteiger partial charge in [0.2, 0.25) is 0 Å². The van der Waals surface area contributed by atoms with Gasteiger partial charge in [0.15, 0.2) is 0 Å². The monoisotopic (exact) mass is 313 g/mol. The van der Waals surface area contributed by atoms with Crippen LogP contribution in [-0.4, -0.2) is 21.2 Å². The number of alkyl halides is 5. The number of halogens is 5. The highest BCUT2D eigenvalue weighted by atomic mass is 19.4. The van der Waals surface area contributed by atoms with Crippen molar-refractivity contribution in [1.29, 1.82) is 0 Å². The molecular formula is C13H20F5N3. The summed E-state index contributed by atoms with van der Waals surface area (Å²) in [6.45, 7) is 5.03. The normalized spacial score (nSPS) is 13.2. The Balaban J connectivity index is 3.11. The highest BCUT2D eigenvalue weighted by Gasteiger charge is 2.62. The fraction of sp³-hybridized carbons (Fsp3) is 0.846. The van der Waals surface area contributed by atoms with Crippen LogP contribution in [0.5, 0.6) is 0 Å². The Labute approximate surface area is 120 Å². The zero-order valence-corrected chi connectivity index (χ0v) is 12.3. The van der Waals surface area contributed by atoms with E-state index < -0.39 is 23.7 Å². The van der Waals surface area contributed by atoms with Crippen LogP contribution < -0.4 is 0 Å². The van der Waals surface area contributed by atoms with E-state index >= 15 is 0 Å². The number of aromatic nitrogens is 3. The van der Waals surface area contributed by atoms with Crippen LogP contribution >= 0.6 is 0 Å². The fourth-order valence-electron chi connectivity index (χ4n) is 2.02. The van der Waals surface area contributed by atoms with E-state index in [4.69, 9.17) is 0 Å². The zero-order valence-electron chi connectivity index (χ0n) is 12.3. The summed E-state index contributed by atoms with van der Waals surface area (Å²) in [6.07, 6.45) is -2.56. The van der Waals surface area contributed by atoms with Crippen molar-refractivity contribution in [2.45, 2.75) is 71.0 Å². The van der Waals surface area contributed by atoms with Crippen molar-refractivity contribution in [3.63, 3.8) is 0 Å². The summed E-state index contributed by atoms with van der Waals surface area (Å²) in [5, 5.41) is 7.03. The van der Waals surface area contributed by atoms with Crippen LogP contribution in [0, 0.1) is 0 Å². The largest absolute Gasteiger partial charge is 0.459 e. The smallest absolute Gasteiger partial charge is 0.243 e. The van der Waals surface area contributed by atoms with E-state index in [0.29, 0.717) is 11.1 Å². The van der Waals surface area contributed by atoms with Crippen molar-refractivity contribution in [2.75, 3.05) is 0 Å². The van der Waals surface area contributed by atoms with Crippen molar-refractivity contribution < 1.29 is 22.0 Å². The first-order valence-corrected chi connectivity index (χ1v) is 7.01. The predicted molar refractivity (Wildman–Crippen MR) is 68.2 cm³/mol. The molecule has 0 amide bonds. The van der Waals surface area contributed by atoms with Gasteiger partial charge in [-0.25, -0.2) is 4.68 Å². The molecule has 0 aliphatic heterocycles. The van der Waals surface area contributed by atoms with Crippen LogP contribution in [-0.2, 0) is 12.5 Å². The van der Waals surface area contributed by atoms with Gasteiger partial charge in [0.05, 0.1) is 5.69 Å². The molecule has 1 rings (SSSR count). The van der Waals surface area contributed by atoms with Gasteiger partial charge in [0.1, 0.15) is 5.69 Å². The maximum absolute atomic E-state index is 13.7. The summed E-state index contributed by atoms with van der Waals surface area (Å²) in [4.78, 5) is 0. The first kappa shape index (κ1) is 17.8. The molecular weight excluding hydrogens is 293 g/mol. The SMILES string of the molecule is CCCCCCn1nnc(C(C)C)c1C(F)(F)C(F)(F)F. The molecule has 1 heterocycles. The topological polar surface area (TPSA) is 30.7 Å². The average molecular weight is 313 g/mol. The quantitative estimate of drug-likeness (QED) is 0.542. The second kappa shape index (κ2) is 6.70. The standard InChI is InChI=1S/C13H20F5N3/c1-4-5-6-7-8-21-11(10(9(2)3)19-20-21)12(14,15)13(16,17)18/h9H,4-8H2,1-3H3. The molecule has 0 fully saturated rings. The lowest BCUT2D eigenvalue weighted by Gasteiger charge is -2.22. The summed E-state index contributed by atoms with van der Waals surface area (Å²) in [5.74, 6) is -5.50. The van der Waals surface area contributed by atoms with Gasteiger partial charge in [-0.05, 0) is 12.3 Å². The van der Waals surface area contributed by atoms with Crippen LogP contribution in [0.4, 0.5) is 22.0 Å². The molecule has 1 aromatic rings. The molecule has 0 N–H and O–H groups in total. The number of hydrogen-bond donors (Lipinski definition) is 0. The Kier molecular flexibility index (Phi) is 5.69. The van der Waals surface area contributed by atoms with E-state index in [1.165, 1.54) is 13.8 Å². The molecule has 8 heteroatoms. The third kappa shape index (κ3) is 3.91. The third-order valence-corrected chi connectivity index (χ3v) is 3.18. The van der Waals surface area contributed by atoms with Crippen LogP contribution in [0.25, 0.3) is 0 Å². The molecule has 0 atom stereocenters. The van der Waals surface area contributed by atoms with Gasteiger partial charge in [-0.3, -0.25) is 0 Å². The molecule has 3 nitrogen and oxygen atoms in total. The maximum Gasteiger partial charge on any atom is 0.459 e. The molecule has 0 aliphatic carbocycles. The minimum atomic E-state index is -5.65. The Morgan fingerprint density at radius 2 is 1.67 bits per heavy atom. The molecule has 0 bridgehead atoms. The summed E-state index contributed by atoms with van der Waals surface area (Å²) < 4.78 is 66.1. The van der Waals surface area contributed by atoms with E-state index in [1.807, 2.05) is 6.92 Å². The van der Waals surface area contributed by atoms with E-state index in [2.05, 4.69) is 10.3 Å². The van der Waals surface area contributed by atoms with E-state index in [1.54, 1.807) is 0 Å². The number of hydrogen-bond acceptors (Lipinski definition) is 2. The van der Waals surface area contributed by atoms with E-state index in [-0.39, 0.29) is 12.2 Å². The molecule has 21 heavy (non-hydrogen) atoms. The number of unbranched alkanes of at least 4 members (excludes halogenated alkanes) is 3. The lowest BCUT2D eigenvalue weighted by atomic mass is 10.0. The van der Waals surface area contributed by atoms with Gasteiger partial charge in [0.25, 0.3) is 0 Å². The molecule has 122 valence electrons. The predicted octanol–water partition coefficient (Wildman–Crippen LogP) is 4.64. The molecule has 0 saturated heterocycles. The molecule has 1 aromatic heterocycles. The van der Waals surface area contributed by atoms with Gasteiger partial charge in [-0.15, -0.1) is 5.10 Å². The van der Waals surface area contributed by atoms with Crippen molar-refractivity contribution in [3.8, 4) is 0 Å². The first-order valence-electron chi connectivity index (χ1n) is 7.01. The highest BCUT2D eigenvalue weighted by Crippen LogP contribution is 2.45. The van der Waals surface area contributed by atoms with Crippen molar-refractivity contribution >= 4 is 0 Å². The summed E-state index contributed by atoms with van der Waals surface area (Å²) >= 11 is 0. The summed E-state index contributed by atoms with van der Waals surface area (Å²) in [7, 11) is 0. The second-order valence-corrected chi connectivity index (χ2v) is 5.33. The van der Waals surface area contributed by atoms with Gasteiger partial charge >= 0.3 is 12.1 Å². The highest BCUT2D eigenvalue weighted by molar-refractivity contribution is 5.21. The Morgan fingerprint density at radius 1 is 1.05 bits per heavy atom. The van der Waals surface area contributed by atoms with E-state index in [9.17, 15) is 22.0 Å². The van der Waals surface area contributed by atoms with Crippen molar-refractivity contribution in [3.05, 3.63) is 11.4 Å². The minimum absolute atomic E-state index is 0.0146. The number of rotatable bonds is 7. The zero-order chi connectivity index (χ0) is 16.3.